The number of rotatable bonds is 7. The van der Waals surface area contributed by atoms with Gasteiger partial charge in [-0.1, -0.05) is 0 Å². The third-order valence-corrected chi connectivity index (χ3v) is 5.32. The second kappa shape index (κ2) is 9.72. The van der Waals surface area contributed by atoms with Crippen molar-refractivity contribution in [2.75, 3.05) is 17.3 Å². The molecule has 0 aliphatic rings. The predicted octanol–water partition coefficient (Wildman–Crippen LogP) is 2.34. The van der Waals surface area contributed by atoms with Crippen molar-refractivity contribution in [3.8, 4) is 0 Å². The normalized spacial score (nSPS) is 13.0. The fourth-order valence-corrected chi connectivity index (χ4v) is 3.87. The van der Waals surface area contributed by atoms with Crippen molar-refractivity contribution >= 4 is 45.8 Å². The first-order chi connectivity index (χ1) is 11.0. The van der Waals surface area contributed by atoms with Gasteiger partial charge in [-0.3, -0.25) is 4.79 Å². The van der Waals surface area contributed by atoms with Crippen molar-refractivity contribution < 1.29 is 17.6 Å². The number of halogens is 2. The Kier molecular flexibility index (Phi) is 9.39. The summed E-state index contributed by atoms with van der Waals surface area (Å²) in [6.07, 6.45) is 2.40. The van der Waals surface area contributed by atoms with Crippen LogP contribution in [0.15, 0.2) is 23.1 Å². The molecule has 1 atom stereocenters. The molecule has 1 amide bonds. The lowest BCUT2D eigenvalue weighted by atomic mass is 10.1. The second-order valence-electron chi connectivity index (χ2n) is 6.38. The minimum Gasteiger partial charge on any atom is -0.325 e. The summed E-state index contributed by atoms with van der Waals surface area (Å²) in [5, 5.41) is 2.52. The molecule has 0 saturated carbocycles. The summed E-state index contributed by atoms with van der Waals surface area (Å²) < 4.78 is 40.9. The Morgan fingerprint density at radius 1 is 1.36 bits per heavy atom. The highest BCUT2D eigenvalue weighted by molar-refractivity contribution is 7.98. The highest BCUT2D eigenvalue weighted by Crippen LogP contribution is 2.21. The second-order valence-corrected chi connectivity index (χ2v) is 9.01. The van der Waals surface area contributed by atoms with E-state index in [0.29, 0.717) is 6.42 Å². The first kappa shape index (κ1) is 24.1. The Balaban J connectivity index is 0.00000576. The van der Waals surface area contributed by atoms with Crippen LogP contribution < -0.4 is 15.8 Å². The van der Waals surface area contributed by atoms with Gasteiger partial charge in [-0.25, -0.2) is 17.5 Å². The molecular formula is C15H25ClFN3O3S2. The molecule has 0 aromatic heterocycles. The van der Waals surface area contributed by atoms with Gasteiger partial charge in [0.2, 0.25) is 15.9 Å². The van der Waals surface area contributed by atoms with Crippen molar-refractivity contribution in [3.05, 3.63) is 24.0 Å². The van der Waals surface area contributed by atoms with Gasteiger partial charge >= 0.3 is 0 Å². The molecule has 0 spiro atoms. The van der Waals surface area contributed by atoms with Crippen LogP contribution in [0.4, 0.5) is 10.1 Å². The maximum Gasteiger partial charge on any atom is 0.244 e. The quantitative estimate of drug-likeness (QED) is 0.636. The van der Waals surface area contributed by atoms with Crippen LogP contribution in [-0.2, 0) is 14.8 Å². The van der Waals surface area contributed by atoms with E-state index in [9.17, 15) is 17.6 Å². The summed E-state index contributed by atoms with van der Waals surface area (Å²) >= 11 is 1.57. The Morgan fingerprint density at radius 3 is 2.48 bits per heavy atom. The summed E-state index contributed by atoms with van der Waals surface area (Å²) in [6, 6.07) is 2.67. The lowest BCUT2D eigenvalue weighted by Crippen LogP contribution is -2.40. The van der Waals surface area contributed by atoms with Crippen LogP contribution >= 0.6 is 24.2 Å². The molecule has 1 aromatic carbocycles. The SMILES string of the molecule is CSCC[C@H](N)C(=O)Nc1ccc(F)c(S(=O)(=O)NC(C)(C)C)c1.Cl. The molecule has 10 heteroatoms. The number of hydrogen-bond donors (Lipinski definition) is 3. The first-order valence-electron chi connectivity index (χ1n) is 7.35. The van der Waals surface area contributed by atoms with Crippen molar-refractivity contribution in [2.45, 2.75) is 43.7 Å². The van der Waals surface area contributed by atoms with E-state index in [0.717, 1.165) is 17.9 Å². The van der Waals surface area contributed by atoms with Gasteiger partial charge in [0, 0.05) is 11.2 Å². The number of thioether (sulfide) groups is 1. The Bertz CT molecular complexity index is 694. The Hall–Kier alpha value is -0.870. The molecular weight excluding hydrogens is 389 g/mol. The summed E-state index contributed by atoms with van der Waals surface area (Å²) in [6.45, 7) is 4.95. The number of benzene rings is 1. The average Bonchev–Trinajstić information content (AvgIpc) is 2.43. The zero-order valence-electron chi connectivity index (χ0n) is 14.6. The van der Waals surface area contributed by atoms with E-state index in [2.05, 4.69) is 10.0 Å². The number of carbonyl (C=O) groups excluding carboxylic acids is 1. The van der Waals surface area contributed by atoms with Gasteiger partial charge in [-0.2, -0.15) is 11.8 Å². The van der Waals surface area contributed by atoms with Gasteiger partial charge in [0.05, 0.1) is 6.04 Å². The Labute approximate surface area is 159 Å². The maximum absolute atomic E-state index is 13.9. The standard InChI is InChI=1S/C15H24FN3O3S2.ClH/c1-15(2,3)19-24(21,22)13-9-10(5-6-11(13)16)18-14(20)12(17)7-8-23-4;/h5-6,9,12,19H,7-8,17H2,1-4H3,(H,18,20);1H/t12-;/m0./s1. The van der Waals surface area contributed by atoms with E-state index in [1.807, 2.05) is 6.26 Å². The van der Waals surface area contributed by atoms with Gasteiger partial charge in [0.25, 0.3) is 0 Å². The molecule has 0 aliphatic carbocycles. The minimum absolute atomic E-state index is 0. The zero-order valence-corrected chi connectivity index (χ0v) is 17.1. The molecule has 0 fully saturated rings. The van der Waals surface area contributed by atoms with E-state index < -0.39 is 38.2 Å². The smallest absolute Gasteiger partial charge is 0.244 e. The highest BCUT2D eigenvalue weighted by Gasteiger charge is 2.25. The van der Waals surface area contributed by atoms with Crippen LogP contribution in [0.3, 0.4) is 0 Å². The molecule has 6 nitrogen and oxygen atoms in total. The third-order valence-electron chi connectivity index (χ3n) is 2.90. The summed E-state index contributed by atoms with van der Waals surface area (Å²) in [4.78, 5) is 11.5. The number of carbonyl (C=O) groups is 1. The lowest BCUT2D eigenvalue weighted by Gasteiger charge is -2.21. The van der Waals surface area contributed by atoms with Gasteiger partial charge in [-0.05, 0) is 57.4 Å². The van der Waals surface area contributed by atoms with E-state index >= 15 is 0 Å². The average molecular weight is 414 g/mol. The molecule has 0 aliphatic heterocycles. The monoisotopic (exact) mass is 413 g/mol. The fraction of sp³-hybridized carbons (Fsp3) is 0.533. The zero-order chi connectivity index (χ0) is 18.5. The first-order valence-corrected chi connectivity index (χ1v) is 10.2. The van der Waals surface area contributed by atoms with Gasteiger partial charge < -0.3 is 11.1 Å². The van der Waals surface area contributed by atoms with Crippen LogP contribution in [-0.4, -0.2) is 37.9 Å². The summed E-state index contributed by atoms with van der Waals surface area (Å²) in [5.41, 5.74) is 5.18. The number of nitrogens with two attached hydrogens (primary N) is 1. The van der Waals surface area contributed by atoms with E-state index in [-0.39, 0.29) is 18.1 Å². The fourth-order valence-electron chi connectivity index (χ4n) is 1.86. The predicted molar refractivity (Wildman–Crippen MR) is 103 cm³/mol. The third kappa shape index (κ3) is 7.91. The maximum atomic E-state index is 13.9. The van der Waals surface area contributed by atoms with Crippen molar-refractivity contribution in [1.82, 2.24) is 4.72 Å². The van der Waals surface area contributed by atoms with Crippen molar-refractivity contribution in [3.63, 3.8) is 0 Å². The molecule has 0 heterocycles. The molecule has 0 unspecified atom stereocenters. The van der Waals surface area contributed by atoms with Gasteiger partial charge in [0.1, 0.15) is 10.7 Å². The molecule has 0 radical (unpaired) electrons. The Morgan fingerprint density at radius 2 is 1.96 bits per heavy atom. The number of anilines is 1. The van der Waals surface area contributed by atoms with Crippen molar-refractivity contribution in [1.29, 1.82) is 0 Å². The number of nitrogens with one attached hydrogen (secondary N) is 2. The number of amides is 1. The van der Waals surface area contributed by atoms with Crippen molar-refractivity contribution in [2.24, 2.45) is 5.73 Å². The summed E-state index contributed by atoms with van der Waals surface area (Å²) in [5.74, 6) is -0.605. The molecule has 1 aromatic rings. The number of sulfonamides is 1. The van der Waals surface area contributed by atoms with Crippen LogP contribution in [0.25, 0.3) is 0 Å². The molecule has 0 bridgehead atoms. The van der Waals surface area contributed by atoms with E-state index in [4.69, 9.17) is 5.73 Å². The van der Waals surface area contributed by atoms with Crippen LogP contribution in [0.1, 0.15) is 27.2 Å². The van der Waals surface area contributed by atoms with Crippen LogP contribution in [0.5, 0.6) is 0 Å². The minimum atomic E-state index is -4.05. The van der Waals surface area contributed by atoms with Crippen LogP contribution in [0, 0.1) is 5.82 Å². The van der Waals surface area contributed by atoms with E-state index in [1.165, 1.54) is 6.07 Å². The van der Waals surface area contributed by atoms with Gasteiger partial charge in [0.15, 0.2) is 0 Å². The molecule has 4 N–H and O–H groups in total. The summed E-state index contributed by atoms with van der Waals surface area (Å²) in [7, 11) is -4.05. The van der Waals surface area contributed by atoms with Gasteiger partial charge in [-0.15, -0.1) is 12.4 Å². The number of hydrogen-bond acceptors (Lipinski definition) is 5. The molecule has 25 heavy (non-hydrogen) atoms. The van der Waals surface area contributed by atoms with E-state index in [1.54, 1.807) is 32.5 Å². The highest BCUT2D eigenvalue weighted by atomic mass is 35.5. The molecule has 0 saturated heterocycles. The molecule has 144 valence electrons. The molecule has 1 rings (SSSR count). The van der Waals surface area contributed by atoms with Crippen LogP contribution in [0.2, 0.25) is 0 Å². The topological polar surface area (TPSA) is 101 Å². The lowest BCUT2D eigenvalue weighted by molar-refractivity contribution is -0.117. The largest absolute Gasteiger partial charge is 0.325 e.